The summed E-state index contributed by atoms with van der Waals surface area (Å²) in [5.74, 6) is -0.203. The third-order valence-electron chi connectivity index (χ3n) is 2.96. The Morgan fingerprint density at radius 2 is 2.17 bits per heavy atom. The Hall–Kier alpha value is -0.180. The molecule has 1 N–H and O–H groups in total. The van der Waals surface area contributed by atoms with Crippen LogP contribution in [0.2, 0.25) is 0 Å². The van der Waals surface area contributed by atoms with Gasteiger partial charge >= 0.3 is 0 Å². The van der Waals surface area contributed by atoms with E-state index in [0.29, 0.717) is 6.42 Å². The molecule has 0 radical (unpaired) electrons. The topological polar surface area (TPSA) is 20.2 Å². The molecule has 0 bridgehead atoms. The van der Waals surface area contributed by atoms with Crippen molar-refractivity contribution in [2.75, 3.05) is 0 Å². The minimum atomic E-state index is -2.58. The summed E-state index contributed by atoms with van der Waals surface area (Å²) in [7, 11) is 0. The van der Waals surface area contributed by atoms with Crippen molar-refractivity contribution in [3.8, 4) is 0 Å². The van der Waals surface area contributed by atoms with Gasteiger partial charge in [0.15, 0.2) is 0 Å². The van der Waals surface area contributed by atoms with Gasteiger partial charge in [0.1, 0.15) is 5.60 Å². The second kappa shape index (κ2) is 3.69. The molecule has 72 valence electrons. The van der Waals surface area contributed by atoms with Crippen LogP contribution in [0.5, 0.6) is 0 Å². The Kier molecular flexibility index (Phi) is 3.04. The van der Waals surface area contributed by atoms with Gasteiger partial charge in [-0.3, -0.25) is 0 Å². The Bertz CT molecular complexity index is 149. The van der Waals surface area contributed by atoms with Gasteiger partial charge in [0.2, 0.25) is 0 Å². The van der Waals surface area contributed by atoms with Crippen LogP contribution in [0, 0.1) is 5.92 Å². The summed E-state index contributed by atoms with van der Waals surface area (Å²) >= 11 is 0. The van der Waals surface area contributed by atoms with Gasteiger partial charge < -0.3 is 5.11 Å². The van der Waals surface area contributed by atoms with Crippen LogP contribution in [0.1, 0.15) is 39.0 Å². The van der Waals surface area contributed by atoms with Crippen LogP contribution in [-0.2, 0) is 0 Å². The number of alkyl halides is 2. The van der Waals surface area contributed by atoms with Gasteiger partial charge in [-0.25, -0.2) is 8.78 Å². The van der Waals surface area contributed by atoms with Gasteiger partial charge in [0.25, 0.3) is 6.43 Å². The second-order valence-electron chi connectivity index (χ2n) is 3.64. The summed E-state index contributed by atoms with van der Waals surface area (Å²) in [6, 6.07) is 0. The molecule has 0 aliphatic heterocycles. The molecule has 1 saturated carbocycles. The third-order valence-corrected chi connectivity index (χ3v) is 2.96. The second-order valence-corrected chi connectivity index (χ2v) is 3.64. The lowest BCUT2D eigenvalue weighted by Gasteiger charge is -2.38. The number of aliphatic hydroxyl groups is 1. The highest BCUT2D eigenvalue weighted by atomic mass is 19.3. The first-order chi connectivity index (χ1) is 5.61. The lowest BCUT2D eigenvalue weighted by Crippen LogP contribution is -2.46. The van der Waals surface area contributed by atoms with Gasteiger partial charge in [0, 0.05) is 0 Å². The van der Waals surface area contributed by atoms with Crippen LogP contribution in [0.3, 0.4) is 0 Å². The highest BCUT2D eigenvalue weighted by molar-refractivity contribution is 4.91. The van der Waals surface area contributed by atoms with E-state index in [-0.39, 0.29) is 12.3 Å². The van der Waals surface area contributed by atoms with E-state index in [1.165, 1.54) is 0 Å². The van der Waals surface area contributed by atoms with Crippen molar-refractivity contribution >= 4 is 0 Å². The fraction of sp³-hybridized carbons (Fsp3) is 1.00. The van der Waals surface area contributed by atoms with Crippen molar-refractivity contribution in [2.45, 2.75) is 51.1 Å². The Labute approximate surface area is 71.8 Å². The summed E-state index contributed by atoms with van der Waals surface area (Å²) < 4.78 is 25.0. The predicted molar refractivity (Wildman–Crippen MR) is 43.2 cm³/mol. The van der Waals surface area contributed by atoms with Gasteiger partial charge in [-0.15, -0.1) is 0 Å². The minimum absolute atomic E-state index is 0.203. The molecule has 0 aromatic heterocycles. The van der Waals surface area contributed by atoms with E-state index >= 15 is 0 Å². The number of hydrogen-bond donors (Lipinski definition) is 1. The van der Waals surface area contributed by atoms with E-state index in [1.807, 2.05) is 6.92 Å². The third kappa shape index (κ3) is 1.60. The molecule has 1 fully saturated rings. The van der Waals surface area contributed by atoms with Crippen molar-refractivity contribution in [2.24, 2.45) is 5.92 Å². The summed E-state index contributed by atoms with van der Waals surface area (Å²) in [5.41, 5.74) is -1.69. The fourth-order valence-electron chi connectivity index (χ4n) is 2.10. The molecule has 0 heterocycles. The quantitative estimate of drug-likeness (QED) is 0.689. The fourth-order valence-corrected chi connectivity index (χ4v) is 2.10. The molecule has 1 nitrogen and oxygen atoms in total. The summed E-state index contributed by atoms with van der Waals surface area (Å²) in [6.45, 7) is 1.86. The van der Waals surface area contributed by atoms with E-state index in [0.717, 1.165) is 19.3 Å². The first kappa shape index (κ1) is 9.90. The summed E-state index contributed by atoms with van der Waals surface area (Å²) in [4.78, 5) is 0. The van der Waals surface area contributed by atoms with E-state index < -0.39 is 12.0 Å². The van der Waals surface area contributed by atoms with Crippen molar-refractivity contribution < 1.29 is 13.9 Å². The van der Waals surface area contributed by atoms with E-state index in [4.69, 9.17) is 0 Å². The lowest BCUT2D eigenvalue weighted by molar-refractivity contribution is -0.151. The molecule has 1 aliphatic rings. The van der Waals surface area contributed by atoms with Gasteiger partial charge in [0.05, 0.1) is 0 Å². The van der Waals surface area contributed by atoms with Crippen molar-refractivity contribution in [1.29, 1.82) is 0 Å². The largest absolute Gasteiger partial charge is 0.384 e. The van der Waals surface area contributed by atoms with E-state index in [9.17, 15) is 13.9 Å². The van der Waals surface area contributed by atoms with Crippen LogP contribution in [0.15, 0.2) is 0 Å². The van der Waals surface area contributed by atoms with E-state index in [2.05, 4.69) is 0 Å². The molecule has 2 atom stereocenters. The molecule has 1 rings (SSSR count). The van der Waals surface area contributed by atoms with Crippen molar-refractivity contribution in [1.82, 2.24) is 0 Å². The molecule has 0 spiro atoms. The Balaban J connectivity index is 2.68. The molecular formula is C9H16F2O. The average molecular weight is 178 g/mol. The molecule has 0 aromatic carbocycles. The first-order valence-electron chi connectivity index (χ1n) is 4.61. The molecule has 0 aromatic rings. The molecule has 0 saturated heterocycles. The van der Waals surface area contributed by atoms with Crippen LogP contribution in [0.25, 0.3) is 0 Å². The average Bonchev–Trinajstić information content (AvgIpc) is 2.05. The number of hydrogen-bond acceptors (Lipinski definition) is 1. The monoisotopic (exact) mass is 178 g/mol. The van der Waals surface area contributed by atoms with E-state index in [1.54, 1.807) is 0 Å². The van der Waals surface area contributed by atoms with Crippen molar-refractivity contribution in [3.05, 3.63) is 0 Å². The normalized spacial score (nSPS) is 37.2. The Morgan fingerprint density at radius 1 is 1.50 bits per heavy atom. The minimum Gasteiger partial charge on any atom is -0.384 e. The van der Waals surface area contributed by atoms with Crippen LogP contribution < -0.4 is 0 Å². The van der Waals surface area contributed by atoms with Gasteiger partial charge in [-0.05, 0) is 18.8 Å². The maximum Gasteiger partial charge on any atom is 0.267 e. The standard InChI is InChI=1S/C9H16F2O/c1-2-7-5-3-4-6-9(7,12)8(10)11/h7-8,12H,2-6H2,1H3. The highest BCUT2D eigenvalue weighted by Crippen LogP contribution is 2.39. The maximum absolute atomic E-state index is 12.5. The number of rotatable bonds is 2. The Morgan fingerprint density at radius 3 is 2.58 bits per heavy atom. The predicted octanol–water partition coefficient (Wildman–Crippen LogP) is 2.58. The zero-order chi connectivity index (χ0) is 9.19. The molecule has 3 heteroatoms. The molecule has 2 unspecified atom stereocenters. The van der Waals surface area contributed by atoms with Crippen LogP contribution >= 0.6 is 0 Å². The molecular weight excluding hydrogens is 162 g/mol. The number of halogens is 2. The van der Waals surface area contributed by atoms with Crippen LogP contribution in [0.4, 0.5) is 8.78 Å². The molecule has 0 amide bonds. The first-order valence-corrected chi connectivity index (χ1v) is 4.61. The maximum atomic E-state index is 12.5. The lowest BCUT2D eigenvalue weighted by atomic mass is 9.74. The smallest absolute Gasteiger partial charge is 0.267 e. The SMILES string of the molecule is CCC1CCCCC1(O)C(F)F. The zero-order valence-corrected chi connectivity index (χ0v) is 7.39. The molecule has 1 aliphatic carbocycles. The zero-order valence-electron chi connectivity index (χ0n) is 7.39. The van der Waals surface area contributed by atoms with Gasteiger partial charge in [-0.1, -0.05) is 26.2 Å². The molecule has 12 heavy (non-hydrogen) atoms. The van der Waals surface area contributed by atoms with Gasteiger partial charge in [-0.2, -0.15) is 0 Å². The van der Waals surface area contributed by atoms with Crippen LogP contribution in [-0.4, -0.2) is 17.1 Å². The summed E-state index contributed by atoms with van der Waals surface area (Å²) in [6.07, 6.45) is 0.800. The summed E-state index contributed by atoms with van der Waals surface area (Å²) in [5, 5.41) is 9.66. The van der Waals surface area contributed by atoms with Crippen molar-refractivity contribution in [3.63, 3.8) is 0 Å². The highest BCUT2D eigenvalue weighted by Gasteiger charge is 2.45.